The molecule has 0 radical (unpaired) electrons. The maximum absolute atomic E-state index is 13.6. The Hall–Kier alpha value is -1.68. The molecule has 0 saturated heterocycles. The van der Waals surface area contributed by atoms with E-state index >= 15 is 0 Å². The summed E-state index contributed by atoms with van der Waals surface area (Å²) in [5.41, 5.74) is 1.65. The van der Waals surface area contributed by atoms with E-state index in [9.17, 15) is 9.18 Å². The summed E-state index contributed by atoms with van der Waals surface area (Å²) in [6.07, 6.45) is 3.28. The van der Waals surface area contributed by atoms with E-state index in [2.05, 4.69) is 0 Å². The number of ketones is 1. The molecule has 0 saturated carbocycles. The van der Waals surface area contributed by atoms with E-state index in [0.29, 0.717) is 10.4 Å². The van der Waals surface area contributed by atoms with Crippen LogP contribution in [0, 0.1) is 5.82 Å². The SMILES string of the molecule is COc1ccc(C(=O)c2cc3c(s2)CCC3)cc1F. The number of aryl methyl sites for hydroxylation is 2. The van der Waals surface area contributed by atoms with Crippen molar-refractivity contribution in [3.05, 3.63) is 51.0 Å². The fraction of sp³-hybridized carbons (Fsp3) is 0.267. The monoisotopic (exact) mass is 276 g/mol. The lowest BCUT2D eigenvalue weighted by Gasteiger charge is -2.03. The molecule has 2 aromatic rings. The minimum atomic E-state index is -0.502. The van der Waals surface area contributed by atoms with E-state index in [1.54, 1.807) is 6.07 Å². The van der Waals surface area contributed by atoms with Gasteiger partial charge in [-0.15, -0.1) is 11.3 Å². The number of halogens is 1. The number of hydrogen-bond acceptors (Lipinski definition) is 3. The summed E-state index contributed by atoms with van der Waals surface area (Å²) in [7, 11) is 1.41. The molecule has 19 heavy (non-hydrogen) atoms. The normalized spacial score (nSPS) is 13.4. The minimum Gasteiger partial charge on any atom is -0.494 e. The maximum atomic E-state index is 13.6. The molecule has 1 aliphatic rings. The lowest BCUT2D eigenvalue weighted by Crippen LogP contribution is -2.00. The van der Waals surface area contributed by atoms with Gasteiger partial charge in [0, 0.05) is 10.4 Å². The number of benzene rings is 1. The van der Waals surface area contributed by atoms with E-state index in [4.69, 9.17) is 4.74 Å². The van der Waals surface area contributed by atoms with Crippen LogP contribution >= 0.6 is 11.3 Å². The first-order valence-electron chi connectivity index (χ1n) is 6.19. The van der Waals surface area contributed by atoms with Crippen LogP contribution in [0.25, 0.3) is 0 Å². The molecule has 0 amide bonds. The van der Waals surface area contributed by atoms with Gasteiger partial charge in [0.2, 0.25) is 5.78 Å². The van der Waals surface area contributed by atoms with Crippen molar-refractivity contribution in [2.75, 3.05) is 7.11 Å². The third-order valence-corrected chi connectivity index (χ3v) is 4.62. The zero-order valence-electron chi connectivity index (χ0n) is 10.5. The first kappa shape index (κ1) is 12.4. The summed E-state index contributed by atoms with van der Waals surface area (Å²) in [6, 6.07) is 6.29. The van der Waals surface area contributed by atoms with Gasteiger partial charge in [-0.3, -0.25) is 4.79 Å². The molecule has 0 N–H and O–H groups in total. The first-order chi connectivity index (χ1) is 9.19. The lowest BCUT2D eigenvalue weighted by molar-refractivity contribution is 0.104. The summed E-state index contributed by atoms with van der Waals surface area (Å²) in [6.45, 7) is 0. The van der Waals surface area contributed by atoms with E-state index in [-0.39, 0.29) is 11.5 Å². The molecule has 4 heteroatoms. The van der Waals surface area contributed by atoms with Crippen molar-refractivity contribution in [2.45, 2.75) is 19.3 Å². The zero-order valence-corrected chi connectivity index (χ0v) is 11.3. The summed E-state index contributed by atoms with van der Waals surface area (Å²) in [4.78, 5) is 14.3. The predicted octanol–water partition coefficient (Wildman–Crippen LogP) is 3.62. The van der Waals surface area contributed by atoms with Crippen LogP contribution < -0.4 is 4.74 Å². The molecule has 1 aromatic carbocycles. The van der Waals surface area contributed by atoms with Crippen molar-refractivity contribution in [1.29, 1.82) is 0 Å². The second kappa shape index (κ2) is 4.78. The van der Waals surface area contributed by atoms with Crippen LogP contribution in [0.15, 0.2) is 24.3 Å². The van der Waals surface area contributed by atoms with Crippen molar-refractivity contribution >= 4 is 17.1 Å². The number of methoxy groups -OCH3 is 1. The maximum Gasteiger partial charge on any atom is 0.203 e. The van der Waals surface area contributed by atoms with Gasteiger partial charge in [-0.05, 0) is 49.1 Å². The summed E-state index contributed by atoms with van der Waals surface area (Å²) >= 11 is 1.54. The molecular weight excluding hydrogens is 263 g/mol. The molecule has 0 fully saturated rings. The third kappa shape index (κ3) is 2.16. The van der Waals surface area contributed by atoms with Gasteiger partial charge in [0.05, 0.1) is 12.0 Å². The summed E-state index contributed by atoms with van der Waals surface area (Å²) in [5, 5.41) is 0. The Morgan fingerprint density at radius 3 is 2.84 bits per heavy atom. The van der Waals surface area contributed by atoms with Crippen LogP contribution in [0.1, 0.15) is 32.1 Å². The van der Waals surface area contributed by atoms with Crippen LogP contribution in [-0.4, -0.2) is 12.9 Å². The van der Waals surface area contributed by atoms with Gasteiger partial charge in [0.1, 0.15) is 0 Å². The van der Waals surface area contributed by atoms with Gasteiger partial charge < -0.3 is 4.74 Å². The average Bonchev–Trinajstić information content (AvgIpc) is 2.98. The quantitative estimate of drug-likeness (QED) is 0.800. The average molecular weight is 276 g/mol. The molecule has 0 unspecified atom stereocenters. The Labute approximate surface area is 114 Å². The molecule has 1 aromatic heterocycles. The van der Waals surface area contributed by atoms with Crippen molar-refractivity contribution in [2.24, 2.45) is 0 Å². The Kier molecular flexibility index (Phi) is 3.11. The molecule has 98 valence electrons. The second-order valence-electron chi connectivity index (χ2n) is 4.59. The van der Waals surface area contributed by atoms with Crippen LogP contribution in [0.2, 0.25) is 0 Å². The number of rotatable bonds is 3. The van der Waals surface area contributed by atoms with Crippen LogP contribution in [0.3, 0.4) is 0 Å². The van der Waals surface area contributed by atoms with Gasteiger partial charge in [-0.25, -0.2) is 4.39 Å². The van der Waals surface area contributed by atoms with Gasteiger partial charge in [0.25, 0.3) is 0 Å². The topological polar surface area (TPSA) is 26.3 Å². The number of hydrogen-bond donors (Lipinski definition) is 0. The summed E-state index contributed by atoms with van der Waals surface area (Å²) in [5.74, 6) is -0.455. The standard InChI is InChI=1S/C15H13FO2S/c1-18-12-6-5-10(7-11(12)16)15(17)14-8-9-3-2-4-13(9)19-14/h5-8H,2-4H2,1H3. The molecule has 3 rings (SSSR count). The largest absolute Gasteiger partial charge is 0.494 e. The van der Waals surface area contributed by atoms with Gasteiger partial charge in [0.15, 0.2) is 11.6 Å². The first-order valence-corrected chi connectivity index (χ1v) is 7.00. The number of ether oxygens (including phenoxy) is 1. The minimum absolute atomic E-state index is 0.110. The van der Waals surface area contributed by atoms with Crippen molar-refractivity contribution < 1.29 is 13.9 Å². The van der Waals surface area contributed by atoms with Gasteiger partial charge >= 0.3 is 0 Å². The molecule has 2 nitrogen and oxygen atoms in total. The molecular formula is C15H13FO2S. The van der Waals surface area contributed by atoms with Crippen LogP contribution in [-0.2, 0) is 12.8 Å². The molecule has 0 bridgehead atoms. The number of thiophene rings is 1. The fourth-order valence-electron chi connectivity index (χ4n) is 2.39. The Bertz CT molecular complexity index is 624. The van der Waals surface area contributed by atoms with Gasteiger partial charge in [-0.1, -0.05) is 0 Å². The Balaban J connectivity index is 1.92. The Morgan fingerprint density at radius 1 is 1.32 bits per heavy atom. The molecule has 0 spiro atoms. The highest BCUT2D eigenvalue weighted by molar-refractivity contribution is 7.14. The highest BCUT2D eigenvalue weighted by atomic mass is 32.1. The lowest BCUT2D eigenvalue weighted by atomic mass is 10.1. The predicted molar refractivity (Wildman–Crippen MR) is 72.7 cm³/mol. The third-order valence-electron chi connectivity index (χ3n) is 3.38. The second-order valence-corrected chi connectivity index (χ2v) is 5.73. The van der Waals surface area contributed by atoms with E-state index in [1.165, 1.54) is 47.4 Å². The molecule has 1 aliphatic carbocycles. The van der Waals surface area contributed by atoms with E-state index < -0.39 is 5.82 Å². The van der Waals surface area contributed by atoms with Crippen molar-refractivity contribution in [3.8, 4) is 5.75 Å². The molecule has 1 heterocycles. The molecule has 0 aliphatic heterocycles. The highest BCUT2D eigenvalue weighted by Gasteiger charge is 2.20. The smallest absolute Gasteiger partial charge is 0.203 e. The Morgan fingerprint density at radius 2 is 2.16 bits per heavy atom. The van der Waals surface area contributed by atoms with Crippen molar-refractivity contribution in [1.82, 2.24) is 0 Å². The molecule has 0 atom stereocenters. The van der Waals surface area contributed by atoms with Gasteiger partial charge in [-0.2, -0.15) is 0 Å². The zero-order chi connectivity index (χ0) is 13.4. The van der Waals surface area contributed by atoms with Crippen LogP contribution in [0.5, 0.6) is 5.75 Å². The number of carbonyl (C=O) groups is 1. The number of carbonyl (C=O) groups excluding carboxylic acids is 1. The fourth-order valence-corrected chi connectivity index (χ4v) is 3.61. The summed E-state index contributed by atoms with van der Waals surface area (Å²) < 4.78 is 18.5. The van der Waals surface area contributed by atoms with E-state index in [0.717, 1.165) is 12.8 Å². The highest BCUT2D eigenvalue weighted by Crippen LogP contribution is 2.32. The van der Waals surface area contributed by atoms with Crippen LogP contribution in [0.4, 0.5) is 4.39 Å². The van der Waals surface area contributed by atoms with E-state index in [1.807, 2.05) is 6.07 Å². The van der Waals surface area contributed by atoms with Crippen molar-refractivity contribution in [3.63, 3.8) is 0 Å². The number of fused-ring (bicyclic) bond motifs is 1.